The van der Waals surface area contributed by atoms with Gasteiger partial charge in [-0.1, -0.05) is 35.5 Å². The van der Waals surface area contributed by atoms with E-state index in [0.717, 1.165) is 0 Å². The van der Waals surface area contributed by atoms with E-state index in [0.29, 0.717) is 45.2 Å². The van der Waals surface area contributed by atoms with Crippen LogP contribution in [0.5, 0.6) is 11.5 Å². The van der Waals surface area contributed by atoms with Crippen molar-refractivity contribution in [2.75, 3.05) is 0 Å². The van der Waals surface area contributed by atoms with E-state index in [2.05, 4.69) is 5.16 Å². The van der Waals surface area contributed by atoms with Crippen LogP contribution < -0.4 is 4.74 Å². The highest BCUT2D eigenvalue weighted by molar-refractivity contribution is 5.77. The maximum absolute atomic E-state index is 14.0. The molecule has 1 aromatic heterocycles. The molecule has 8 heteroatoms. The smallest absolute Gasteiger partial charge is 0.311 e. The molecule has 0 aliphatic rings. The molecule has 36 heavy (non-hydrogen) atoms. The number of aryl methyl sites for hydroxylation is 1. The number of carboxylic acid groups (broad SMARTS) is 1. The number of carboxylic acids is 1. The minimum Gasteiger partial charge on any atom is -0.481 e. The number of nitrogens with zero attached hydrogens (tertiary/aromatic N) is 1. The second kappa shape index (κ2) is 10.9. The van der Waals surface area contributed by atoms with E-state index >= 15 is 0 Å². The van der Waals surface area contributed by atoms with Crippen LogP contribution in [0.15, 0.2) is 77.3 Å². The zero-order valence-corrected chi connectivity index (χ0v) is 19.7. The van der Waals surface area contributed by atoms with Crippen LogP contribution in [0.25, 0.3) is 11.3 Å². The minimum absolute atomic E-state index is 0.0852. The molecule has 0 radical (unpaired) electrons. The highest BCUT2D eigenvalue weighted by Gasteiger charge is 2.21. The number of carbonyl (C=O) groups excluding carboxylic acids is 1. The molecule has 1 heterocycles. The predicted octanol–water partition coefficient (Wildman–Crippen LogP) is 6.06. The maximum atomic E-state index is 14.0. The van der Waals surface area contributed by atoms with Gasteiger partial charge in [0.05, 0.1) is 18.5 Å². The zero-order chi connectivity index (χ0) is 25.7. The summed E-state index contributed by atoms with van der Waals surface area (Å²) in [5, 5.41) is 13.0. The third-order valence-corrected chi connectivity index (χ3v) is 5.56. The Morgan fingerprint density at radius 1 is 1.00 bits per heavy atom. The summed E-state index contributed by atoms with van der Waals surface area (Å²) >= 11 is 0. The van der Waals surface area contributed by atoms with Crippen LogP contribution in [0.2, 0.25) is 0 Å². The number of halogens is 1. The summed E-state index contributed by atoms with van der Waals surface area (Å²) in [5.41, 5.74) is 2.76. The number of hydrogen-bond donors (Lipinski definition) is 1. The summed E-state index contributed by atoms with van der Waals surface area (Å²) in [7, 11) is 0. The van der Waals surface area contributed by atoms with Crippen molar-refractivity contribution in [1.29, 1.82) is 0 Å². The van der Waals surface area contributed by atoms with Gasteiger partial charge in [0.15, 0.2) is 5.76 Å². The van der Waals surface area contributed by atoms with Gasteiger partial charge in [0, 0.05) is 16.7 Å². The number of rotatable bonds is 9. The number of ether oxygens (including phenoxy) is 2. The first-order chi connectivity index (χ1) is 17.3. The molecule has 1 atom stereocenters. The van der Waals surface area contributed by atoms with E-state index in [1.54, 1.807) is 80.6 Å². The second-order valence-corrected chi connectivity index (χ2v) is 8.25. The Kier molecular flexibility index (Phi) is 7.44. The monoisotopic (exact) mass is 489 g/mol. The molecule has 0 bridgehead atoms. The number of benzene rings is 3. The predicted molar refractivity (Wildman–Crippen MR) is 129 cm³/mol. The quantitative estimate of drug-likeness (QED) is 0.286. The molecule has 0 unspecified atom stereocenters. The first kappa shape index (κ1) is 24.7. The topological polar surface area (TPSA) is 98.9 Å². The molecule has 0 saturated carbocycles. The first-order valence-corrected chi connectivity index (χ1v) is 11.3. The summed E-state index contributed by atoms with van der Waals surface area (Å²) in [6.07, 6.45) is -0.920. The molecule has 184 valence electrons. The van der Waals surface area contributed by atoms with Crippen LogP contribution in [0.4, 0.5) is 4.39 Å². The molecule has 1 N–H and O–H groups in total. The van der Waals surface area contributed by atoms with Gasteiger partial charge < -0.3 is 19.1 Å². The van der Waals surface area contributed by atoms with Crippen LogP contribution in [0.3, 0.4) is 0 Å². The molecular formula is C28H24FNO6. The lowest BCUT2D eigenvalue weighted by molar-refractivity contribution is -0.147. The van der Waals surface area contributed by atoms with Crippen molar-refractivity contribution in [3.05, 3.63) is 101 Å². The summed E-state index contributed by atoms with van der Waals surface area (Å²) in [4.78, 5) is 23.6. The van der Waals surface area contributed by atoms with Gasteiger partial charge in [0.25, 0.3) is 0 Å². The lowest BCUT2D eigenvalue weighted by Crippen LogP contribution is -2.13. The summed E-state index contributed by atoms with van der Waals surface area (Å²) < 4.78 is 30.8. The fourth-order valence-electron chi connectivity index (χ4n) is 3.78. The van der Waals surface area contributed by atoms with Crippen molar-refractivity contribution in [1.82, 2.24) is 5.16 Å². The van der Waals surface area contributed by atoms with E-state index in [1.807, 2.05) is 0 Å². The highest BCUT2D eigenvalue weighted by atomic mass is 19.1. The van der Waals surface area contributed by atoms with Crippen molar-refractivity contribution >= 4 is 11.9 Å². The summed E-state index contributed by atoms with van der Waals surface area (Å²) in [6, 6.07) is 20.0. The molecule has 4 rings (SSSR count). The van der Waals surface area contributed by atoms with Gasteiger partial charge in [-0.15, -0.1) is 0 Å². The standard InChI is InChI=1S/C28H24FNO6/c1-17-24(16-27(33)34-18(2)23-8-3-4-9-25(23)29)28(36-30-17)20-10-12-21(13-11-20)35-22-7-5-6-19(14-22)15-26(31)32/h3-14,18H,15-16H2,1-2H3,(H,31,32)/t18-/m1/s1. The third-order valence-electron chi connectivity index (χ3n) is 5.56. The van der Waals surface area contributed by atoms with Crippen LogP contribution in [0, 0.1) is 12.7 Å². The molecular weight excluding hydrogens is 465 g/mol. The van der Waals surface area contributed by atoms with Crippen molar-refractivity contribution in [3.63, 3.8) is 0 Å². The van der Waals surface area contributed by atoms with Crippen molar-refractivity contribution in [2.45, 2.75) is 32.8 Å². The van der Waals surface area contributed by atoms with Crippen LogP contribution in [-0.4, -0.2) is 22.2 Å². The molecule has 0 amide bonds. The molecule has 0 aliphatic carbocycles. The average molecular weight is 489 g/mol. The van der Waals surface area contributed by atoms with Crippen LogP contribution in [-0.2, 0) is 27.2 Å². The van der Waals surface area contributed by atoms with E-state index in [9.17, 15) is 14.0 Å². The Balaban J connectivity index is 1.45. The van der Waals surface area contributed by atoms with Gasteiger partial charge in [-0.05, 0) is 61.9 Å². The van der Waals surface area contributed by atoms with Crippen LogP contribution in [0.1, 0.15) is 35.4 Å². The molecule has 0 aliphatic heterocycles. The molecule has 0 spiro atoms. The first-order valence-electron chi connectivity index (χ1n) is 11.3. The normalized spacial score (nSPS) is 11.6. The average Bonchev–Trinajstić information content (AvgIpc) is 3.19. The molecule has 7 nitrogen and oxygen atoms in total. The van der Waals surface area contributed by atoms with E-state index in [-0.39, 0.29) is 12.8 Å². The fraction of sp³-hybridized carbons (Fsp3) is 0.179. The summed E-state index contributed by atoms with van der Waals surface area (Å²) in [6.45, 7) is 3.35. The van der Waals surface area contributed by atoms with Crippen molar-refractivity contribution in [3.8, 4) is 22.8 Å². The fourth-order valence-corrected chi connectivity index (χ4v) is 3.78. The molecule has 0 saturated heterocycles. The van der Waals surface area contributed by atoms with Gasteiger partial charge in [-0.3, -0.25) is 9.59 Å². The Morgan fingerprint density at radius 2 is 1.75 bits per heavy atom. The SMILES string of the molecule is Cc1noc(-c2ccc(Oc3cccc(CC(=O)O)c3)cc2)c1CC(=O)O[C@H](C)c1ccccc1F. The molecule has 0 fully saturated rings. The molecule has 3 aromatic carbocycles. The van der Waals surface area contributed by atoms with E-state index in [4.69, 9.17) is 19.1 Å². The van der Waals surface area contributed by atoms with Crippen molar-refractivity contribution < 1.29 is 33.1 Å². The third kappa shape index (κ3) is 5.96. The summed E-state index contributed by atoms with van der Waals surface area (Å²) in [5.74, 6) is -0.389. The largest absolute Gasteiger partial charge is 0.481 e. The van der Waals surface area contributed by atoms with Gasteiger partial charge >= 0.3 is 11.9 Å². The minimum atomic E-state index is -0.916. The Hall–Kier alpha value is -4.46. The number of aromatic nitrogens is 1. The Labute approximate surface area is 207 Å². The Bertz CT molecular complexity index is 1380. The number of hydrogen-bond acceptors (Lipinski definition) is 6. The van der Waals surface area contributed by atoms with Gasteiger partial charge in [-0.2, -0.15) is 0 Å². The van der Waals surface area contributed by atoms with Gasteiger partial charge in [0.1, 0.15) is 23.4 Å². The second-order valence-electron chi connectivity index (χ2n) is 8.25. The maximum Gasteiger partial charge on any atom is 0.311 e. The van der Waals surface area contributed by atoms with Crippen LogP contribution >= 0.6 is 0 Å². The lowest BCUT2D eigenvalue weighted by Gasteiger charge is -2.14. The van der Waals surface area contributed by atoms with Gasteiger partial charge in [-0.25, -0.2) is 4.39 Å². The lowest BCUT2D eigenvalue weighted by atomic mass is 10.0. The zero-order valence-electron chi connectivity index (χ0n) is 19.7. The number of aliphatic carboxylic acids is 1. The number of carbonyl (C=O) groups is 2. The van der Waals surface area contributed by atoms with E-state index in [1.165, 1.54) is 6.07 Å². The molecule has 4 aromatic rings. The van der Waals surface area contributed by atoms with E-state index < -0.39 is 23.9 Å². The highest BCUT2D eigenvalue weighted by Crippen LogP contribution is 2.31. The van der Waals surface area contributed by atoms with Crippen molar-refractivity contribution in [2.24, 2.45) is 0 Å². The number of esters is 1. The Morgan fingerprint density at radius 3 is 2.47 bits per heavy atom. The van der Waals surface area contributed by atoms with Gasteiger partial charge in [0.2, 0.25) is 0 Å².